The molecule has 8 heteroatoms. The number of ether oxygens (including phenoxy) is 1. The Balaban J connectivity index is 1.67. The van der Waals surface area contributed by atoms with Gasteiger partial charge in [0.2, 0.25) is 10.3 Å². The number of amides is 1. The molecular formula is C15H12N4O2S2. The van der Waals surface area contributed by atoms with E-state index in [0.29, 0.717) is 21.6 Å². The Morgan fingerprint density at radius 3 is 3.00 bits per heavy atom. The van der Waals surface area contributed by atoms with Gasteiger partial charge in [0.25, 0.3) is 5.91 Å². The first-order valence-electron chi connectivity index (χ1n) is 6.61. The van der Waals surface area contributed by atoms with E-state index in [-0.39, 0.29) is 5.91 Å². The van der Waals surface area contributed by atoms with E-state index in [1.54, 1.807) is 48.9 Å². The molecule has 0 bridgehead atoms. The van der Waals surface area contributed by atoms with Crippen LogP contribution in [0.2, 0.25) is 0 Å². The first-order chi connectivity index (χ1) is 11.2. The Labute approximate surface area is 140 Å². The van der Waals surface area contributed by atoms with Crippen molar-refractivity contribution in [2.45, 2.75) is 0 Å². The maximum Gasteiger partial charge on any atom is 0.257 e. The van der Waals surface area contributed by atoms with Crippen LogP contribution in [0, 0.1) is 0 Å². The molecule has 116 valence electrons. The van der Waals surface area contributed by atoms with Crippen LogP contribution in [0.3, 0.4) is 0 Å². The number of hydrogen-bond donors (Lipinski definition) is 1. The topological polar surface area (TPSA) is 76.5 Å². The predicted molar refractivity (Wildman–Crippen MR) is 92.4 cm³/mol. The number of rotatable bonds is 5. The van der Waals surface area contributed by atoms with Crippen LogP contribution < -0.4 is 10.1 Å². The van der Waals surface area contributed by atoms with Gasteiger partial charge in [-0.1, -0.05) is 23.5 Å². The number of anilines is 1. The van der Waals surface area contributed by atoms with Crippen molar-refractivity contribution < 1.29 is 9.53 Å². The number of carbonyl (C=O) groups is 1. The molecule has 0 aliphatic carbocycles. The van der Waals surface area contributed by atoms with Crippen molar-refractivity contribution in [2.75, 3.05) is 12.4 Å². The van der Waals surface area contributed by atoms with E-state index in [2.05, 4.69) is 20.5 Å². The number of methoxy groups -OCH3 is 1. The second kappa shape index (κ2) is 7.12. The number of nitrogens with zero attached hydrogens (tertiary/aromatic N) is 3. The van der Waals surface area contributed by atoms with Crippen molar-refractivity contribution in [2.24, 2.45) is 4.99 Å². The van der Waals surface area contributed by atoms with Gasteiger partial charge in [-0.2, -0.15) is 0 Å². The summed E-state index contributed by atoms with van der Waals surface area (Å²) < 4.78 is 5.10. The van der Waals surface area contributed by atoms with Gasteiger partial charge in [-0.05, 0) is 29.6 Å². The molecule has 0 aliphatic heterocycles. The van der Waals surface area contributed by atoms with E-state index in [1.807, 2.05) is 17.5 Å². The van der Waals surface area contributed by atoms with Crippen LogP contribution in [0.4, 0.5) is 10.3 Å². The number of hydrogen-bond acceptors (Lipinski definition) is 7. The summed E-state index contributed by atoms with van der Waals surface area (Å²) >= 11 is 2.79. The Hall–Kier alpha value is -2.58. The highest BCUT2D eigenvalue weighted by Gasteiger charge is 2.10. The molecular weight excluding hydrogens is 332 g/mol. The quantitative estimate of drug-likeness (QED) is 0.717. The maximum absolute atomic E-state index is 12.2. The third kappa shape index (κ3) is 3.99. The van der Waals surface area contributed by atoms with Gasteiger partial charge in [-0.15, -0.1) is 21.5 Å². The number of thiophene rings is 1. The number of aromatic nitrogens is 2. The SMILES string of the molecule is COc1cccc(C(=O)Nc2nnc(N=Cc3cccs3)s2)c1. The summed E-state index contributed by atoms with van der Waals surface area (Å²) in [6.07, 6.45) is 1.72. The van der Waals surface area contributed by atoms with Crippen molar-refractivity contribution in [1.82, 2.24) is 10.2 Å². The van der Waals surface area contributed by atoms with Crippen molar-refractivity contribution in [1.29, 1.82) is 0 Å². The minimum atomic E-state index is -0.270. The minimum absolute atomic E-state index is 0.270. The summed E-state index contributed by atoms with van der Waals surface area (Å²) in [6.45, 7) is 0. The largest absolute Gasteiger partial charge is 0.497 e. The molecule has 0 spiro atoms. The fourth-order valence-corrected chi connectivity index (χ4v) is 2.91. The van der Waals surface area contributed by atoms with Gasteiger partial charge >= 0.3 is 0 Å². The van der Waals surface area contributed by atoms with Crippen molar-refractivity contribution >= 4 is 45.1 Å². The normalized spacial score (nSPS) is 10.8. The molecule has 2 heterocycles. The molecule has 0 fully saturated rings. The predicted octanol–water partition coefficient (Wildman–Crippen LogP) is 3.61. The highest BCUT2D eigenvalue weighted by Crippen LogP contribution is 2.24. The Morgan fingerprint density at radius 1 is 1.30 bits per heavy atom. The molecule has 2 aromatic heterocycles. The molecule has 0 atom stereocenters. The fourth-order valence-electron chi connectivity index (χ4n) is 1.74. The first kappa shape index (κ1) is 15.3. The molecule has 1 N–H and O–H groups in total. The molecule has 0 saturated carbocycles. The molecule has 3 aromatic rings. The van der Waals surface area contributed by atoms with Crippen LogP contribution in [0.1, 0.15) is 15.2 Å². The summed E-state index contributed by atoms with van der Waals surface area (Å²) in [7, 11) is 1.56. The number of benzene rings is 1. The summed E-state index contributed by atoms with van der Waals surface area (Å²) in [5.74, 6) is 0.352. The van der Waals surface area contributed by atoms with Gasteiger partial charge < -0.3 is 4.74 Å². The third-order valence-corrected chi connectivity index (χ3v) is 4.37. The zero-order valence-electron chi connectivity index (χ0n) is 12.1. The van der Waals surface area contributed by atoms with Crippen LogP contribution in [-0.4, -0.2) is 29.4 Å². The second-order valence-electron chi connectivity index (χ2n) is 4.35. The van der Waals surface area contributed by atoms with Gasteiger partial charge in [-0.3, -0.25) is 10.1 Å². The van der Waals surface area contributed by atoms with E-state index in [4.69, 9.17) is 4.74 Å². The van der Waals surface area contributed by atoms with Gasteiger partial charge in [-0.25, -0.2) is 4.99 Å². The Bertz CT molecular complexity index is 828. The lowest BCUT2D eigenvalue weighted by Crippen LogP contribution is -2.11. The highest BCUT2D eigenvalue weighted by molar-refractivity contribution is 7.19. The number of nitrogens with one attached hydrogen (secondary N) is 1. The molecule has 0 saturated heterocycles. The number of aliphatic imine (C=N–C) groups is 1. The van der Waals surface area contributed by atoms with Gasteiger partial charge in [0.1, 0.15) is 5.75 Å². The third-order valence-electron chi connectivity index (χ3n) is 2.81. The van der Waals surface area contributed by atoms with Gasteiger partial charge in [0.05, 0.1) is 7.11 Å². The van der Waals surface area contributed by atoms with E-state index in [0.717, 1.165) is 4.88 Å². The zero-order valence-corrected chi connectivity index (χ0v) is 13.7. The molecule has 3 rings (SSSR count). The standard InChI is InChI=1S/C15H12N4O2S2/c1-21-11-5-2-4-10(8-11)13(20)17-15-19-18-14(23-15)16-9-12-6-3-7-22-12/h2-9H,1H3,(H,17,19,20). The average Bonchev–Trinajstić information content (AvgIpc) is 3.24. The van der Waals surface area contributed by atoms with Crippen LogP contribution >= 0.6 is 22.7 Å². The maximum atomic E-state index is 12.2. The summed E-state index contributed by atoms with van der Waals surface area (Å²) in [5.41, 5.74) is 0.489. The van der Waals surface area contributed by atoms with Crippen molar-refractivity contribution in [3.63, 3.8) is 0 Å². The Kier molecular flexibility index (Phi) is 4.74. The Morgan fingerprint density at radius 2 is 2.22 bits per heavy atom. The van der Waals surface area contributed by atoms with Gasteiger partial charge in [0.15, 0.2) is 0 Å². The molecule has 1 aromatic carbocycles. The zero-order chi connectivity index (χ0) is 16.1. The van der Waals surface area contributed by atoms with E-state index < -0.39 is 0 Å². The minimum Gasteiger partial charge on any atom is -0.497 e. The molecule has 0 unspecified atom stereocenters. The summed E-state index contributed by atoms with van der Waals surface area (Å²) in [6, 6.07) is 10.8. The molecule has 23 heavy (non-hydrogen) atoms. The van der Waals surface area contributed by atoms with E-state index in [9.17, 15) is 4.79 Å². The first-order valence-corrected chi connectivity index (χ1v) is 8.31. The van der Waals surface area contributed by atoms with Gasteiger partial charge in [0, 0.05) is 16.7 Å². The van der Waals surface area contributed by atoms with Crippen molar-refractivity contribution in [3.8, 4) is 5.75 Å². The van der Waals surface area contributed by atoms with E-state index >= 15 is 0 Å². The monoisotopic (exact) mass is 344 g/mol. The average molecular weight is 344 g/mol. The van der Waals surface area contributed by atoms with Crippen molar-refractivity contribution in [3.05, 3.63) is 52.2 Å². The molecule has 0 radical (unpaired) electrons. The van der Waals surface area contributed by atoms with E-state index in [1.165, 1.54) is 11.3 Å². The fraction of sp³-hybridized carbons (Fsp3) is 0.0667. The summed E-state index contributed by atoms with van der Waals surface area (Å²) in [4.78, 5) is 17.4. The summed E-state index contributed by atoms with van der Waals surface area (Å²) in [5, 5.41) is 13.4. The van der Waals surface area contributed by atoms with Crippen LogP contribution in [0.25, 0.3) is 0 Å². The number of carbonyl (C=O) groups excluding carboxylic acids is 1. The van der Waals surface area contributed by atoms with Crippen LogP contribution in [0.5, 0.6) is 5.75 Å². The highest BCUT2D eigenvalue weighted by atomic mass is 32.1. The lowest BCUT2D eigenvalue weighted by atomic mass is 10.2. The van der Waals surface area contributed by atoms with Crippen LogP contribution in [0.15, 0.2) is 46.8 Å². The smallest absolute Gasteiger partial charge is 0.257 e. The van der Waals surface area contributed by atoms with Crippen LogP contribution in [-0.2, 0) is 0 Å². The second-order valence-corrected chi connectivity index (χ2v) is 6.28. The molecule has 0 aliphatic rings. The molecule has 1 amide bonds. The lowest BCUT2D eigenvalue weighted by Gasteiger charge is -2.03. The molecule has 6 nitrogen and oxygen atoms in total. The lowest BCUT2D eigenvalue weighted by molar-refractivity contribution is 0.102.